The van der Waals surface area contributed by atoms with E-state index in [1.54, 1.807) is 21.3 Å². The van der Waals surface area contributed by atoms with Crippen molar-refractivity contribution in [2.45, 2.75) is 56.5 Å². The Hall–Kier alpha value is -7.82. The van der Waals surface area contributed by atoms with Gasteiger partial charge in [-0.25, -0.2) is 4.79 Å². The first-order chi connectivity index (χ1) is 34.3. The van der Waals surface area contributed by atoms with Crippen molar-refractivity contribution in [1.82, 2.24) is 25.5 Å². The topological polar surface area (TPSA) is 205 Å². The number of H-pyrrole nitrogens is 1. The highest BCUT2D eigenvalue weighted by atomic mass is 16.6. The van der Waals surface area contributed by atoms with Crippen LogP contribution in [0.3, 0.4) is 0 Å². The lowest BCUT2D eigenvalue weighted by molar-refractivity contribution is -0.126. The van der Waals surface area contributed by atoms with Gasteiger partial charge in [-0.1, -0.05) is 78.9 Å². The molecule has 4 atom stereocenters. The maximum Gasteiger partial charge on any atom is 0.330 e. The fourth-order valence-corrected chi connectivity index (χ4v) is 8.77. The van der Waals surface area contributed by atoms with E-state index >= 15 is 0 Å². The van der Waals surface area contributed by atoms with Crippen molar-refractivity contribution in [3.63, 3.8) is 0 Å². The van der Waals surface area contributed by atoms with Gasteiger partial charge >= 0.3 is 5.69 Å². The minimum Gasteiger partial charge on any atom is -0.497 e. The van der Waals surface area contributed by atoms with Gasteiger partial charge in [-0.2, -0.15) is 0 Å². The van der Waals surface area contributed by atoms with Crippen LogP contribution in [0.4, 0.5) is 0 Å². The van der Waals surface area contributed by atoms with E-state index in [9.17, 15) is 28.8 Å². The second-order valence-electron chi connectivity index (χ2n) is 17.2. The van der Waals surface area contributed by atoms with Gasteiger partial charge in [0.1, 0.15) is 34.9 Å². The number of carbonyl (C=O) groups is 4. The van der Waals surface area contributed by atoms with Gasteiger partial charge in [0.2, 0.25) is 17.7 Å². The number of aromatic amines is 1. The fourth-order valence-electron chi connectivity index (χ4n) is 8.77. The van der Waals surface area contributed by atoms with Gasteiger partial charge in [0.05, 0.1) is 45.5 Å². The van der Waals surface area contributed by atoms with Crippen LogP contribution >= 0.6 is 0 Å². The number of nitrogens with zero attached hydrogens (tertiary/aromatic N) is 1. The molecule has 0 aliphatic carbocycles. The maximum absolute atomic E-state index is 13.5. The summed E-state index contributed by atoms with van der Waals surface area (Å²) in [4.78, 5) is 80.5. The van der Waals surface area contributed by atoms with E-state index < -0.39 is 46.9 Å². The Balaban J connectivity index is 1.07. The normalized spacial score (nSPS) is 16.0. The number of carbonyl (C=O) groups excluding carboxylic acids is 4. The smallest absolute Gasteiger partial charge is 0.330 e. The van der Waals surface area contributed by atoms with E-state index in [1.165, 1.54) is 23.9 Å². The Morgan fingerprint density at radius 1 is 0.775 bits per heavy atom. The predicted molar refractivity (Wildman–Crippen MR) is 268 cm³/mol. The molecule has 7 rings (SSSR count). The zero-order chi connectivity index (χ0) is 50.5. The number of ketones is 1. The SMILES string of the molecule is CNC(=O)CCC(=O)CC1C[C@H](n2cc(/C=C/C(=O)NCCNC(=O)[C@@H](C)c3ccc4cc(OC)ccc4c3)c(=O)[nH]c2=O)O[C@@H]1COC(c1ccccc1)(c1ccc(OC)cc1)c1ccc(OC)cc1. The van der Waals surface area contributed by atoms with Crippen LogP contribution in [-0.4, -0.2) is 87.2 Å². The van der Waals surface area contributed by atoms with E-state index in [2.05, 4.69) is 20.9 Å². The number of nitrogens with one attached hydrogen (secondary N) is 4. The first-order valence-electron chi connectivity index (χ1n) is 23.4. The molecule has 16 nitrogen and oxygen atoms in total. The molecule has 0 bridgehead atoms. The summed E-state index contributed by atoms with van der Waals surface area (Å²) in [7, 11) is 6.30. The molecule has 1 aliphatic rings. The Morgan fingerprint density at radius 3 is 2.03 bits per heavy atom. The quantitative estimate of drug-likeness (QED) is 0.0345. The minimum atomic E-state index is -1.22. The molecule has 1 unspecified atom stereocenters. The Bertz CT molecular complexity index is 2920. The molecule has 1 fully saturated rings. The van der Waals surface area contributed by atoms with Crippen molar-refractivity contribution in [3.8, 4) is 17.2 Å². The Labute approximate surface area is 411 Å². The van der Waals surface area contributed by atoms with Crippen molar-refractivity contribution in [2.75, 3.05) is 48.1 Å². The minimum absolute atomic E-state index is 0.000632. The molecule has 1 aliphatic heterocycles. The van der Waals surface area contributed by atoms with Gasteiger partial charge < -0.3 is 39.6 Å². The van der Waals surface area contributed by atoms with Gasteiger partial charge in [-0.15, -0.1) is 0 Å². The number of Topliss-reactive ketones (excluding diaryl/α,β-unsaturated/α-hetero) is 1. The molecular formula is C55H59N5O11. The molecule has 0 spiro atoms. The van der Waals surface area contributed by atoms with Gasteiger partial charge in [0, 0.05) is 51.7 Å². The largest absolute Gasteiger partial charge is 0.497 e. The van der Waals surface area contributed by atoms with Crippen LogP contribution in [0.15, 0.2) is 137 Å². The van der Waals surface area contributed by atoms with Crippen molar-refractivity contribution in [1.29, 1.82) is 0 Å². The van der Waals surface area contributed by atoms with Crippen molar-refractivity contribution < 1.29 is 42.9 Å². The number of benzene rings is 5. The second-order valence-corrected chi connectivity index (χ2v) is 17.2. The lowest BCUT2D eigenvalue weighted by Gasteiger charge is -2.37. The summed E-state index contributed by atoms with van der Waals surface area (Å²) in [6, 6.07) is 36.3. The van der Waals surface area contributed by atoms with Crippen LogP contribution in [0.5, 0.6) is 17.2 Å². The summed E-state index contributed by atoms with van der Waals surface area (Å²) in [5.74, 6) is -0.0671. The number of hydrogen-bond acceptors (Lipinski definition) is 11. The fraction of sp³-hybridized carbons (Fsp3) is 0.309. The van der Waals surface area contributed by atoms with Crippen LogP contribution in [0.2, 0.25) is 0 Å². The van der Waals surface area contributed by atoms with Crippen LogP contribution in [0, 0.1) is 5.92 Å². The van der Waals surface area contributed by atoms with Crippen molar-refractivity contribution >= 4 is 40.4 Å². The number of hydrogen-bond donors (Lipinski definition) is 4. The molecule has 0 saturated carbocycles. The van der Waals surface area contributed by atoms with Crippen LogP contribution < -0.4 is 41.4 Å². The maximum atomic E-state index is 13.5. The zero-order valence-electron chi connectivity index (χ0n) is 40.4. The molecule has 1 saturated heterocycles. The highest BCUT2D eigenvalue weighted by Crippen LogP contribution is 2.44. The molecule has 71 heavy (non-hydrogen) atoms. The Kier molecular flexibility index (Phi) is 17.0. The number of rotatable bonds is 22. The average Bonchev–Trinajstić information content (AvgIpc) is 3.80. The molecule has 1 aromatic heterocycles. The van der Waals surface area contributed by atoms with Crippen LogP contribution in [-0.2, 0) is 34.3 Å². The van der Waals surface area contributed by atoms with E-state index in [1.807, 2.05) is 122 Å². The number of amides is 3. The van der Waals surface area contributed by atoms with Crippen LogP contribution in [0.1, 0.15) is 72.6 Å². The van der Waals surface area contributed by atoms with E-state index in [0.717, 1.165) is 44.9 Å². The van der Waals surface area contributed by atoms with Gasteiger partial charge in [-0.05, 0) is 94.8 Å². The molecule has 4 N–H and O–H groups in total. The number of methoxy groups -OCH3 is 3. The number of fused-ring (bicyclic) bond motifs is 1. The molecule has 16 heteroatoms. The molecule has 3 amide bonds. The zero-order valence-corrected chi connectivity index (χ0v) is 40.4. The lowest BCUT2D eigenvalue weighted by atomic mass is 9.80. The predicted octanol–water partition coefficient (Wildman–Crippen LogP) is 6.16. The number of ether oxygens (including phenoxy) is 5. The first kappa shape index (κ1) is 51.0. The van der Waals surface area contributed by atoms with Gasteiger partial charge in [-0.3, -0.25) is 33.5 Å². The second kappa shape index (κ2) is 23.7. The summed E-state index contributed by atoms with van der Waals surface area (Å²) in [6.07, 6.45) is 2.27. The standard InChI is InChI=1S/C55H59N5O11/c1-35(36-11-12-38-31-47(69-5)20-13-37(38)29-36)52(64)58-28-27-57-50(63)25-14-39-33-60(54(66)59-53(39)65)51-32-40(30-44(61)19-26-49(62)56-2)48(71-51)34-70-55(41-9-7-6-8-10-41,42-15-21-45(67-3)22-16-42)43-17-23-46(68-4)24-18-43/h6-18,20-25,29,31,33,35,40,48,51H,19,26-28,30,32,34H2,1-5H3,(H,56,62)(H,57,63)(H,58,64)(H,59,65,66)/b25-14+/t35-,40?,48+,51+/m0/s1. The summed E-state index contributed by atoms with van der Waals surface area (Å²) in [6.45, 7) is 2.02. The first-order valence-corrected chi connectivity index (χ1v) is 23.4. The monoisotopic (exact) mass is 965 g/mol. The van der Waals surface area contributed by atoms with E-state index in [4.69, 9.17) is 23.7 Å². The molecule has 2 heterocycles. The van der Waals surface area contributed by atoms with E-state index in [0.29, 0.717) is 11.5 Å². The number of aromatic nitrogens is 2. The summed E-state index contributed by atoms with van der Waals surface area (Å²) in [5.41, 5.74) is 0.494. The molecule has 370 valence electrons. The summed E-state index contributed by atoms with van der Waals surface area (Å²) < 4.78 is 31.4. The van der Waals surface area contributed by atoms with Crippen LogP contribution in [0.25, 0.3) is 16.8 Å². The van der Waals surface area contributed by atoms with Crippen molar-refractivity contribution in [2.24, 2.45) is 5.92 Å². The third kappa shape index (κ3) is 12.3. The highest BCUT2D eigenvalue weighted by Gasteiger charge is 2.43. The summed E-state index contributed by atoms with van der Waals surface area (Å²) >= 11 is 0. The third-order valence-electron chi connectivity index (χ3n) is 12.8. The molecule has 5 aromatic carbocycles. The lowest BCUT2D eigenvalue weighted by Crippen LogP contribution is -2.37. The highest BCUT2D eigenvalue weighted by molar-refractivity contribution is 5.92. The molecule has 6 aromatic rings. The average molecular weight is 966 g/mol. The van der Waals surface area contributed by atoms with Gasteiger partial charge in [0.25, 0.3) is 5.56 Å². The molecule has 0 radical (unpaired) electrons. The third-order valence-corrected chi connectivity index (χ3v) is 12.8. The summed E-state index contributed by atoms with van der Waals surface area (Å²) in [5, 5.41) is 10.1. The van der Waals surface area contributed by atoms with Crippen molar-refractivity contribution in [3.05, 3.63) is 176 Å². The van der Waals surface area contributed by atoms with E-state index in [-0.39, 0.29) is 68.5 Å². The molecular weight excluding hydrogens is 907 g/mol. The van der Waals surface area contributed by atoms with Gasteiger partial charge in [0.15, 0.2) is 0 Å². The Morgan fingerprint density at radius 2 is 1.38 bits per heavy atom.